The standard InChI is InChI=1S/C14H18N2OS/c1-3-8-17-12-7-5-4-6-11(12)14(15)13-9-16-10(2)18-13/h4-7,9,14H,3,8,15H2,1-2H3. The normalized spacial score (nSPS) is 12.4. The Kier molecular flexibility index (Phi) is 4.33. The highest BCUT2D eigenvalue weighted by atomic mass is 32.1. The lowest BCUT2D eigenvalue weighted by Crippen LogP contribution is -2.12. The maximum absolute atomic E-state index is 6.29. The molecule has 1 unspecified atom stereocenters. The number of benzene rings is 1. The quantitative estimate of drug-likeness (QED) is 0.899. The second-order valence-corrected chi connectivity index (χ2v) is 5.41. The van der Waals surface area contributed by atoms with Crippen molar-refractivity contribution in [2.24, 2.45) is 5.73 Å². The summed E-state index contributed by atoms with van der Waals surface area (Å²) in [5.41, 5.74) is 7.32. The van der Waals surface area contributed by atoms with Crippen LogP contribution in [0.25, 0.3) is 0 Å². The van der Waals surface area contributed by atoms with Gasteiger partial charge in [0, 0.05) is 16.6 Å². The van der Waals surface area contributed by atoms with Gasteiger partial charge in [0.1, 0.15) is 5.75 Å². The van der Waals surface area contributed by atoms with Crippen molar-refractivity contribution >= 4 is 11.3 Å². The number of nitrogens with two attached hydrogens (primary N) is 1. The van der Waals surface area contributed by atoms with Gasteiger partial charge >= 0.3 is 0 Å². The lowest BCUT2D eigenvalue weighted by molar-refractivity contribution is 0.313. The smallest absolute Gasteiger partial charge is 0.124 e. The van der Waals surface area contributed by atoms with Crippen molar-refractivity contribution in [1.82, 2.24) is 4.98 Å². The molecule has 0 fully saturated rings. The molecule has 0 aliphatic heterocycles. The Morgan fingerprint density at radius 2 is 2.17 bits per heavy atom. The zero-order chi connectivity index (χ0) is 13.0. The lowest BCUT2D eigenvalue weighted by atomic mass is 10.1. The van der Waals surface area contributed by atoms with E-state index in [1.165, 1.54) is 0 Å². The summed E-state index contributed by atoms with van der Waals surface area (Å²) in [6.45, 7) is 4.79. The number of hydrogen-bond acceptors (Lipinski definition) is 4. The molecule has 0 spiro atoms. The zero-order valence-corrected chi connectivity index (χ0v) is 11.5. The summed E-state index contributed by atoms with van der Waals surface area (Å²) in [5, 5.41) is 1.03. The van der Waals surface area contributed by atoms with Gasteiger partial charge in [-0.1, -0.05) is 25.1 Å². The first-order valence-electron chi connectivity index (χ1n) is 6.12. The Morgan fingerprint density at radius 3 is 2.83 bits per heavy atom. The van der Waals surface area contributed by atoms with Crippen molar-refractivity contribution in [3.05, 3.63) is 45.9 Å². The van der Waals surface area contributed by atoms with Crippen LogP contribution in [-0.4, -0.2) is 11.6 Å². The zero-order valence-electron chi connectivity index (χ0n) is 10.7. The van der Waals surface area contributed by atoms with Crippen LogP contribution in [0.3, 0.4) is 0 Å². The number of hydrogen-bond donors (Lipinski definition) is 1. The summed E-state index contributed by atoms with van der Waals surface area (Å²) in [7, 11) is 0. The second-order valence-electron chi connectivity index (χ2n) is 4.15. The minimum absolute atomic E-state index is 0.163. The number of aromatic nitrogens is 1. The Balaban J connectivity index is 2.26. The number of ether oxygens (including phenoxy) is 1. The summed E-state index contributed by atoms with van der Waals surface area (Å²) in [6, 6.07) is 7.79. The molecule has 1 heterocycles. The van der Waals surface area contributed by atoms with Crippen molar-refractivity contribution in [3.8, 4) is 5.75 Å². The highest BCUT2D eigenvalue weighted by Crippen LogP contribution is 2.30. The van der Waals surface area contributed by atoms with E-state index >= 15 is 0 Å². The third-order valence-corrected chi connectivity index (χ3v) is 3.66. The Hall–Kier alpha value is -1.39. The molecule has 0 radical (unpaired) electrons. The average molecular weight is 262 g/mol. The first-order chi connectivity index (χ1) is 8.72. The largest absolute Gasteiger partial charge is 0.493 e. The highest BCUT2D eigenvalue weighted by Gasteiger charge is 2.15. The fourth-order valence-electron chi connectivity index (χ4n) is 1.76. The maximum atomic E-state index is 6.29. The van der Waals surface area contributed by atoms with E-state index in [-0.39, 0.29) is 6.04 Å². The van der Waals surface area contributed by atoms with Gasteiger partial charge in [0.25, 0.3) is 0 Å². The first kappa shape index (κ1) is 13.1. The van der Waals surface area contributed by atoms with Gasteiger partial charge < -0.3 is 10.5 Å². The molecule has 96 valence electrons. The van der Waals surface area contributed by atoms with Gasteiger partial charge in [-0.3, -0.25) is 0 Å². The summed E-state index contributed by atoms with van der Waals surface area (Å²) >= 11 is 1.63. The predicted octanol–water partition coefficient (Wildman–Crippen LogP) is 3.29. The maximum Gasteiger partial charge on any atom is 0.124 e. The summed E-state index contributed by atoms with van der Waals surface area (Å²) in [6.07, 6.45) is 2.84. The number of aryl methyl sites for hydroxylation is 1. The van der Waals surface area contributed by atoms with Crippen LogP contribution in [0.2, 0.25) is 0 Å². The monoisotopic (exact) mass is 262 g/mol. The molecule has 2 N–H and O–H groups in total. The van der Waals surface area contributed by atoms with Crippen LogP contribution in [0, 0.1) is 6.92 Å². The topological polar surface area (TPSA) is 48.1 Å². The van der Waals surface area contributed by atoms with E-state index < -0.39 is 0 Å². The van der Waals surface area contributed by atoms with E-state index in [9.17, 15) is 0 Å². The van der Waals surface area contributed by atoms with Crippen LogP contribution in [0.4, 0.5) is 0 Å². The van der Waals surface area contributed by atoms with Gasteiger partial charge in [-0.2, -0.15) is 0 Å². The van der Waals surface area contributed by atoms with E-state index in [4.69, 9.17) is 10.5 Å². The van der Waals surface area contributed by atoms with E-state index in [0.717, 1.165) is 27.6 Å². The molecule has 18 heavy (non-hydrogen) atoms. The van der Waals surface area contributed by atoms with Crippen LogP contribution in [0.5, 0.6) is 5.75 Å². The van der Waals surface area contributed by atoms with Crippen molar-refractivity contribution in [3.63, 3.8) is 0 Å². The fourth-order valence-corrected chi connectivity index (χ4v) is 2.56. The number of rotatable bonds is 5. The van der Waals surface area contributed by atoms with Gasteiger partial charge in [0.15, 0.2) is 0 Å². The Labute approximate surface area is 112 Å². The Bertz CT molecular complexity index is 510. The molecule has 1 aromatic carbocycles. The summed E-state index contributed by atoms with van der Waals surface area (Å²) < 4.78 is 5.74. The minimum atomic E-state index is -0.163. The molecular weight excluding hydrogens is 244 g/mol. The molecule has 2 rings (SSSR count). The SMILES string of the molecule is CCCOc1ccccc1C(N)c1cnc(C)s1. The van der Waals surface area contributed by atoms with Crippen LogP contribution in [0.1, 0.15) is 34.8 Å². The summed E-state index contributed by atoms with van der Waals surface area (Å²) in [5.74, 6) is 0.873. The number of thiazole rings is 1. The van der Waals surface area contributed by atoms with Crippen LogP contribution < -0.4 is 10.5 Å². The molecule has 0 aliphatic carbocycles. The third-order valence-electron chi connectivity index (χ3n) is 2.66. The van der Waals surface area contributed by atoms with Gasteiger partial charge in [-0.15, -0.1) is 11.3 Å². The van der Waals surface area contributed by atoms with Gasteiger partial charge in [0.2, 0.25) is 0 Å². The van der Waals surface area contributed by atoms with E-state index in [1.54, 1.807) is 11.3 Å². The van der Waals surface area contributed by atoms with E-state index in [1.807, 2.05) is 37.4 Å². The predicted molar refractivity (Wildman–Crippen MR) is 75.1 cm³/mol. The van der Waals surface area contributed by atoms with E-state index in [2.05, 4.69) is 11.9 Å². The molecule has 4 heteroatoms. The van der Waals surface area contributed by atoms with Crippen molar-refractivity contribution in [2.75, 3.05) is 6.61 Å². The van der Waals surface area contributed by atoms with Crippen LogP contribution in [-0.2, 0) is 0 Å². The van der Waals surface area contributed by atoms with Gasteiger partial charge in [-0.05, 0) is 19.4 Å². The second kappa shape index (κ2) is 5.98. The van der Waals surface area contributed by atoms with E-state index in [0.29, 0.717) is 6.61 Å². The first-order valence-corrected chi connectivity index (χ1v) is 6.93. The average Bonchev–Trinajstić information content (AvgIpc) is 2.82. The van der Waals surface area contributed by atoms with Crippen molar-refractivity contribution in [1.29, 1.82) is 0 Å². The van der Waals surface area contributed by atoms with Crippen LogP contribution >= 0.6 is 11.3 Å². The third kappa shape index (κ3) is 2.89. The van der Waals surface area contributed by atoms with Gasteiger partial charge in [0.05, 0.1) is 17.7 Å². The van der Waals surface area contributed by atoms with Crippen LogP contribution in [0.15, 0.2) is 30.5 Å². The number of para-hydroxylation sites is 1. The molecule has 0 bridgehead atoms. The molecule has 3 nitrogen and oxygen atoms in total. The molecule has 0 saturated carbocycles. The Morgan fingerprint density at radius 1 is 1.39 bits per heavy atom. The summed E-state index contributed by atoms with van der Waals surface area (Å²) in [4.78, 5) is 5.32. The number of nitrogens with zero attached hydrogens (tertiary/aromatic N) is 1. The van der Waals surface area contributed by atoms with Crippen molar-refractivity contribution < 1.29 is 4.74 Å². The molecule has 0 aliphatic rings. The molecule has 0 amide bonds. The fraction of sp³-hybridized carbons (Fsp3) is 0.357. The lowest BCUT2D eigenvalue weighted by Gasteiger charge is -2.15. The molecule has 0 saturated heterocycles. The molecular formula is C14H18N2OS. The molecule has 2 aromatic rings. The molecule has 1 aromatic heterocycles. The minimum Gasteiger partial charge on any atom is -0.493 e. The van der Waals surface area contributed by atoms with Gasteiger partial charge in [-0.25, -0.2) is 4.98 Å². The molecule has 1 atom stereocenters. The van der Waals surface area contributed by atoms with Crippen molar-refractivity contribution in [2.45, 2.75) is 26.3 Å². The highest BCUT2D eigenvalue weighted by molar-refractivity contribution is 7.11.